The molecule has 1 unspecified atom stereocenters. The van der Waals surface area contributed by atoms with Crippen molar-refractivity contribution in [2.24, 2.45) is 5.92 Å². The molecule has 2 heterocycles. The zero-order valence-corrected chi connectivity index (χ0v) is 27.7. The van der Waals surface area contributed by atoms with Gasteiger partial charge >= 0.3 is 18.3 Å². The molecular weight excluding hydrogens is 678 g/mol. The summed E-state index contributed by atoms with van der Waals surface area (Å²) in [5, 5.41) is 12.0. The average molecular weight is 716 g/mol. The van der Waals surface area contributed by atoms with Gasteiger partial charge in [0.1, 0.15) is 17.7 Å². The largest absolute Gasteiger partial charge is 0.481 e. The fourth-order valence-corrected chi connectivity index (χ4v) is 6.27. The Morgan fingerprint density at radius 1 is 0.920 bits per heavy atom. The Labute approximate surface area is 282 Å². The number of nitrogens with one attached hydrogen (secondary N) is 1. The van der Waals surface area contributed by atoms with E-state index in [2.05, 4.69) is 5.32 Å². The van der Waals surface area contributed by atoms with Crippen LogP contribution >= 0.6 is 0 Å². The van der Waals surface area contributed by atoms with Crippen molar-refractivity contribution in [2.75, 3.05) is 19.6 Å². The van der Waals surface area contributed by atoms with Gasteiger partial charge in [0.05, 0.1) is 23.6 Å². The summed E-state index contributed by atoms with van der Waals surface area (Å²) >= 11 is 0. The smallest absolute Gasteiger partial charge is 0.419 e. The highest BCUT2D eigenvalue weighted by Gasteiger charge is 2.39. The van der Waals surface area contributed by atoms with Crippen molar-refractivity contribution in [3.63, 3.8) is 0 Å². The second-order valence-electron chi connectivity index (χ2n) is 13.0. The molecule has 0 spiro atoms. The van der Waals surface area contributed by atoms with Gasteiger partial charge in [0, 0.05) is 24.4 Å². The molecule has 1 aliphatic rings. The molecule has 1 aliphatic heterocycles. The topological polar surface area (TPSA) is 91.6 Å². The molecule has 2 aromatic carbocycles. The minimum Gasteiger partial charge on any atom is -0.481 e. The third kappa shape index (κ3) is 8.90. The van der Waals surface area contributed by atoms with Gasteiger partial charge in [-0.1, -0.05) is 13.8 Å². The summed E-state index contributed by atoms with van der Waals surface area (Å²) in [6, 6.07) is 0.494. The van der Waals surface area contributed by atoms with E-state index >= 15 is 4.39 Å². The highest BCUT2D eigenvalue weighted by Crippen LogP contribution is 2.40. The van der Waals surface area contributed by atoms with Gasteiger partial charge in [-0.15, -0.1) is 0 Å². The van der Waals surface area contributed by atoms with Crippen LogP contribution in [0.4, 0.5) is 35.1 Å². The van der Waals surface area contributed by atoms with Gasteiger partial charge in [-0.05, 0) is 104 Å². The number of rotatable bonds is 12. The summed E-state index contributed by atoms with van der Waals surface area (Å²) in [4.78, 5) is 41.0. The number of aromatic nitrogens is 1. The Morgan fingerprint density at radius 2 is 1.52 bits per heavy atom. The predicted molar refractivity (Wildman–Crippen MR) is 168 cm³/mol. The van der Waals surface area contributed by atoms with Gasteiger partial charge in [0.15, 0.2) is 0 Å². The Kier molecular flexibility index (Phi) is 11.5. The molecule has 7 nitrogen and oxygen atoms in total. The number of nitrogens with zero attached hydrogens (tertiary/aromatic N) is 2. The Morgan fingerprint density at radius 3 is 2.02 bits per heavy atom. The van der Waals surface area contributed by atoms with E-state index in [4.69, 9.17) is 0 Å². The van der Waals surface area contributed by atoms with Crippen molar-refractivity contribution in [3.05, 3.63) is 91.9 Å². The van der Waals surface area contributed by atoms with Crippen molar-refractivity contribution in [3.8, 4) is 11.1 Å². The monoisotopic (exact) mass is 715 g/mol. The van der Waals surface area contributed by atoms with Crippen molar-refractivity contribution in [1.82, 2.24) is 14.8 Å². The number of carboxylic acids is 1. The summed E-state index contributed by atoms with van der Waals surface area (Å²) < 4.78 is 115. The number of aliphatic carboxylic acids is 1. The van der Waals surface area contributed by atoms with E-state index < -0.39 is 76.6 Å². The summed E-state index contributed by atoms with van der Waals surface area (Å²) in [5.74, 6) is -5.62. The highest BCUT2D eigenvalue weighted by atomic mass is 19.4. The van der Waals surface area contributed by atoms with Gasteiger partial charge in [-0.2, -0.15) is 26.3 Å². The summed E-state index contributed by atoms with van der Waals surface area (Å²) in [5.41, 5.74) is -4.91. The van der Waals surface area contributed by atoms with Crippen LogP contribution in [-0.4, -0.2) is 46.1 Å². The minimum absolute atomic E-state index is 0.104. The average Bonchev–Trinajstić information content (AvgIpc) is 2.94. The maximum absolute atomic E-state index is 15.8. The van der Waals surface area contributed by atoms with Crippen LogP contribution in [0.1, 0.15) is 78.6 Å². The zero-order chi connectivity index (χ0) is 37.3. The fraction of sp³-hybridized carbons (Fsp3) is 0.457. The van der Waals surface area contributed by atoms with E-state index in [1.54, 1.807) is 13.8 Å². The van der Waals surface area contributed by atoms with Gasteiger partial charge in [0.2, 0.25) is 5.91 Å². The second kappa shape index (κ2) is 14.9. The molecule has 1 saturated heterocycles. The third-order valence-corrected chi connectivity index (χ3v) is 8.71. The van der Waals surface area contributed by atoms with E-state index in [1.165, 1.54) is 13.8 Å². The van der Waals surface area contributed by atoms with Crippen molar-refractivity contribution in [1.29, 1.82) is 0 Å². The van der Waals surface area contributed by atoms with Crippen molar-refractivity contribution >= 4 is 11.9 Å². The lowest BCUT2D eigenvalue weighted by Crippen LogP contribution is -2.41. The van der Waals surface area contributed by atoms with E-state index in [9.17, 15) is 50.2 Å². The van der Waals surface area contributed by atoms with Crippen LogP contribution < -0.4 is 10.9 Å². The first kappa shape index (κ1) is 38.5. The van der Waals surface area contributed by atoms with Crippen LogP contribution in [0.2, 0.25) is 0 Å². The first-order valence-electron chi connectivity index (χ1n) is 15.9. The molecule has 2 atom stereocenters. The van der Waals surface area contributed by atoms with Gasteiger partial charge in [0.25, 0.3) is 5.56 Å². The maximum atomic E-state index is 15.8. The number of likely N-dealkylation sites (tertiary alicyclic amines) is 1. The number of pyridine rings is 1. The number of aryl methyl sites for hydroxylation is 2. The number of halogens is 8. The number of hydrogen-bond acceptors (Lipinski definition) is 4. The summed E-state index contributed by atoms with van der Waals surface area (Å²) in [7, 11) is 0. The molecule has 272 valence electrons. The number of amides is 1. The van der Waals surface area contributed by atoms with Gasteiger partial charge in [-0.25, -0.2) is 8.78 Å². The Bertz CT molecular complexity index is 1790. The highest BCUT2D eigenvalue weighted by molar-refractivity contribution is 5.82. The van der Waals surface area contributed by atoms with Crippen LogP contribution in [0, 0.1) is 31.4 Å². The first-order chi connectivity index (χ1) is 23.2. The minimum atomic E-state index is -5.27. The molecule has 50 heavy (non-hydrogen) atoms. The normalized spacial score (nSPS) is 15.1. The zero-order valence-electron chi connectivity index (χ0n) is 27.7. The number of carbonyl (C=O) groups is 2. The third-order valence-electron chi connectivity index (χ3n) is 8.71. The molecule has 4 rings (SSSR count). The number of carbonyl (C=O) groups excluding carboxylic acids is 1. The van der Waals surface area contributed by atoms with E-state index in [-0.39, 0.29) is 53.1 Å². The number of alkyl halides is 6. The molecule has 1 aromatic heterocycles. The first-order valence-corrected chi connectivity index (χ1v) is 15.9. The van der Waals surface area contributed by atoms with Gasteiger partial charge < -0.3 is 19.9 Å². The van der Waals surface area contributed by atoms with Crippen LogP contribution in [0.15, 0.2) is 41.3 Å². The molecule has 3 aromatic rings. The maximum Gasteiger partial charge on any atom is 0.419 e. The molecule has 0 saturated carbocycles. The van der Waals surface area contributed by atoms with Crippen molar-refractivity contribution < 1.29 is 49.8 Å². The number of hydrogen-bond donors (Lipinski definition) is 2. The molecule has 0 aliphatic carbocycles. The quantitative estimate of drug-likeness (QED) is 0.189. The van der Waals surface area contributed by atoms with Crippen LogP contribution in [0.3, 0.4) is 0 Å². The lowest BCUT2D eigenvalue weighted by atomic mass is 9.89. The second-order valence-corrected chi connectivity index (χ2v) is 13.0. The van der Waals surface area contributed by atoms with Crippen LogP contribution in [0.25, 0.3) is 11.1 Å². The van der Waals surface area contributed by atoms with Crippen LogP contribution in [0.5, 0.6) is 0 Å². The summed E-state index contributed by atoms with van der Waals surface area (Å²) in [6.07, 6.45) is -9.68. The SMILES string of the molecule is Cc1cc(F)cc(C)c1-c1cc([C@H](CC(=O)O)NC(=O)C(CC(C)C)n2cc(CCN3CCC3)c(C(F)(F)F)cc2=O)c(F)c(C(F)(F)F)c1. The summed E-state index contributed by atoms with van der Waals surface area (Å²) in [6.45, 7) is 7.80. The Balaban J connectivity index is 1.84. The van der Waals surface area contributed by atoms with Crippen LogP contribution in [-0.2, 0) is 28.4 Å². The van der Waals surface area contributed by atoms with Crippen molar-refractivity contribution in [2.45, 2.75) is 77.8 Å². The molecular formula is C35H37F8N3O4. The lowest BCUT2D eigenvalue weighted by Gasteiger charge is -2.31. The predicted octanol–water partition coefficient (Wildman–Crippen LogP) is 7.62. The molecule has 0 radical (unpaired) electrons. The molecule has 1 fully saturated rings. The Hall–Kier alpha value is -4.27. The fourth-order valence-electron chi connectivity index (χ4n) is 6.27. The molecule has 1 amide bonds. The molecule has 0 bridgehead atoms. The molecule has 15 heteroatoms. The number of carboxylic acid groups (broad SMARTS) is 1. The standard InChI is InChI=1S/C35H37F8N3O4/c1-18(2)10-28(46-17-21(6-9-45-7-5-8-45)25(15-29(46)47)34(38,39)40)33(50)44-27(16-30(48)49)24-13-22(14-26(32(24)37)35(41,42)43)31-19(3)11-23(36)12-20(31)4/h11-15,17-18,27-28H,5-10,16H2,1-4H3,(H,44,50)(H,48,49)/t27-,28?/m0/s1. The van der Waals surface area contributed by atoms with E-state index in [0.717, 1.165) is 35.4 Å². The van der Waals surface area contributed by atoms with E-state index in [1.807, 2.05) is 4.90 Å². The molecule has 2 N–H and O–H groups in total. The van der Waals surface area contributed by atoms with E-state index in [0.29, 0.717) is 25.2 Å². The van der Waals surface area contributed by atoms with Gasteiger partial charge in [-0.3, -0.25) is 14.4 Å². The lowest BCUT2D eigenvalue weighted by molar-refractivity contribution is -0.140. The number of benzene rings is 2.